The van der Waals surface area contributed by atoms with Gasteiger partial charge >= 0.3 is 0 Å². The minimum absolute atomic E-state index is 0.0882. The Balaban J connectivity index is 1.78. The van der Waals surface area contributed by atoms with E-state index in [1.165, 1.54) is 11.1 Å². The number of hydrogen-bond donors (Lipinski definition) is 1. The van der Waals surface area contributed by atoms with Crippen LogP contribution in [0, 0.1) is 6.92 Å². The van der Waals surface area contributed by atoms with Gasteiger partial charge in [-0.2, -0.15) is 0 Å². The smallest absolute Gasteiger partial charge is 0.224 e. The molecule has 0 aromatic heterocycles. The number of hydrogen-bond acceptors (Lipinski definition) is 1. The summed E-state index contributed by atoms with van der Waals surface area (Å²) < 4.78 is 0. The van der Waals surface area contributed by atoms with Gasteiger partial charge < -0.3 is 5.32 Å². The third-order valence-corrected chi connectivity index (χ3v) is 3.19. The van der Waals surface area contributed by atoms with E-state index >= 15 is 0 Å². The molecule has 0 aliphatic heterocycles. The van der Waals surface area contributed by atoms with Gasteiger partial charge in [0.15, 0.2) is 0 Å². The van der Waals surface area contributed by atoms with E-state index in [1.54, 1.807) is 0 Å². The summed E-state index contributed by atoms with van der Waals surface area (Å²) in [5.74, 6) is 0.0882. The fourth-order valence-corrected chi connectivity index (χ4v) is 2.03. The first-order valence-corrected chi connectivity index (χ1v) is 6.61. The fourth-order valence-electron chi connectivity index (χ4n) is 2.03. The van der Waals surface area contributed by atoms with E-state index in [2.05, 4.69) is 17.4 Å². The topological polar surface area (TPSA) is 29.1 Å². The molecule has 0 aliphatic carbocycles. The number of carbonyl (C=O) groups excluding carboxylic acids is 1. The van der Waals surface area contributed by atoms with Crippen LogP contribution in [0.25, 0.3) is 0 Å². The highest BCUT2D eigenvalue weighted by molar-refractivity contribution is 5.78. The summed E-state index contributed by atoms with van der Waals surface area (Å²) in [7, 11) is 0. The first-order chi connectivity index (χ1) is 9.25. The average molecular weight is 253 g/mol. The molecule has 19 heavy (non-hydrogen) atoms. The molecule has 2 heteroatoms. The molecule has 2 aromatic carbocycles. The highest BCUT2D eigenvalue weighted by Crippen LogP contribution is 2.07. The van der Waals surface area contributed by atoms with E-state index in [-0.39, 0.29) is 5.91 Å². The predicted molar refractivity (Wildman–Crippen MR) is 78.0 cm³/mol. The van der Waals surface area contributed by atoms with Gasteiger partial charge in [-0.3, -0.25) is 4.79 Å². The lowest BCUT2D eigenvalue weighted by Gasteiger charge is -2.07. The molecule has 1 amide bonds. The standard InChI is InChI=1S/C17H19NO/c1-14-7-5-6-10-16(14)13-17(19)18-12-11-15-8-3-2-4-9-15/h2-10H,11-13H2,1H3,(H,18,19). The van der Waals surface area contributed by atoms with Gasteiger partial charge in [0, 0.05) is 6.54 Å². The van der Waals surface area contributed by atoms with Crippen LogP contribution in [0.5, 0.6) is 0 Å². The Morgan fingerprint density at radius 1 is 1.00 bits per heavy atom. The van der Waals surface area contributed by atoms with Crippen molar-refractivity contribution in [3.05, 3.63) is 71.3 Å². The van der Waals surface area contributed by atoms with Crippen molar-refractivity contribution in [2.24, 2.45) is 0 Å². The van der Waals surface area contributed by atoms with E-state index in [0.29, 0.717) is 13.0 Å². The van der Waals surface area contributed by atoms with Gasteiger partial charge in [-0.05, 0) is 30.0 Å². The van der Waals surface area contributed by atoms with Crippen molar-refractivity contribution in [3.63, 3.8) is 0 Å². The number of aryl methyl sites for hydroxylation is 1. The van der Waals surface area contributed by atoms with Crippen LogP contribution < -0.4 is 5.32 Å². The summed E-state index contributed by atoms with van der Waals surface area (Å²) in [4.78, 5) is 11.8. The molecule has 0 spiro atoms. The molecule has 0 aliphatic rings. The molecule has 2 aromatic rings. The largest absolute Gasteiger partial charge is 0.355 e. The quantitative estimate of drug-likeness (QED) is 0.872. The maximum atomic E-state index is 11.8. The monoisotopic (exact) mass is 253 g/mol. The minimum atomic E-state index is 0.0882. The van der Waals surface area contributed by atoms with E-state index in [9.17, 15) is 4.79 Å². The second-order valence-electron chi connectivity index (χ2n) is 4.69. The Hall–Kier alpha value is -2.09. The molecular formula is C17H19NO. The third kappa shape index (κ3) is 4.25. The Morgan fingerprint density at radius 2 is 1.68 bits per heavy atom. The van der Waals surface area contributed by atoms with Crippen LogP contribution in [0.3, 0.4) is 0 Å². The van der Waals surface area contributed by atoms with Gasteiger partial charge in [-0.15, -0.1) is 0 Å². The average Bonchev–Trinajstić information content (AvgIpc) is 2.43. The number of benzene rings is 2. The minimum Gasteiger partial charge on any atom is -0.355 e. The van der Waals surface area contributed by atoms with Crippen molar-refractivity contribution in [1.29, 1.82) is 0 Å². The zero-order valence-electron chi connectivity index (χ0n) is 11.2. The highest BCUT2D eigenvalue weighted by atomic mass is 16.1. The summed E-state index contributed by atoms with van der Waals surface area (Å²) in [5, 5.41) is 2.97. The highest BCUT2D eigenvalue weighted by Gasteiger charge is 2.04. The molecule has 0 bridgehead atoms. The zero-order chi connectivity index (χ0) is 13.5. The molecule has 0 radical (unpaired) electrons. The summed E-state index contributed by atoms with van der Waals surface area (Å²) in [6.45, 7) is 2.72. The van der Waals surface area contributed by atoms with Crippen molar-refractivity contribution < 1.29 is 4.79 Å². The van der Waals surface area contributed by atoms with Crippen LogP contribution >= 0.6 is 0 Å². The van der Waals surface area contributed by atoms with Crippen LogP contribution in [0.2, 0.25) is 0 Å². The molecule has 0 saturated carbocycles. The van der Waals surface area contributed by atoms with E-state index < -0.39 is 0 Å². The van der Waals surface area contributed by atoms with Crippen molar-refractivity contribution in [1.82, 2.24) is 5.32 Å². The van der Waals surface area contributed by atoms with Crippen molar-refractivity contribution >= 4 is 5.91 Å². The van der Waals surface area contributed by atoms with Crippen LogP contribution in [0.15, 0.2) is 54.6 Å². The van der Waals surface area contributed by atoms with Crippen LogP contribution in [-0.4, -0.2) is 12.5 Å². The SMILES string of the molecule is Cc1ccccc1CC(=O)NCCc1ccccc1. The van der Waals surface area contributed by atoms with Crippen LogP contribution in [-0.2, 0) is 17.6 Å². The van der Waals surface area contributed by atoms with Gasteiger partial charge in [0.2, 0.25) is 5.91 Å². The number of rotatable bonds is 5. The summed E-state index contributed by atoms with van der Waals surface area (Å²) in [5.41, 5.74) is 3.51. The fraction of sp³-hybridized carbons (Fsp3) is 0.235. The number of nitrogens with one attached hydrogen (secondary N) is 1. The molecule has 98 valence electrons. The first-order valence-electron chi connectivity index (χ1n) is 6.61. The summed E-state index contributed by atoms with van der Waals surface area (Å²) in [6.07, 6.45) is 1.34. The van der Waals surface area contributed by atoms with Gasteiger partial charge in [0.05, 0.1) is 6.42 Å². The Labute approximate surface area is 114 Å². The van der Waals surface area contributed by atoms with Crippen molar-refractivity contribution in [3.8, 4) is 0 Å². The van der Waals surface area contributed by atoms with Gasteiger partial charge in [0.25, 0.3) is 0 Å². The maximum Gasteiger partial charge on any atom is 0.224 e. The molecule has 1 N–H and O–H groups in total. The molecule has 0 unspecified atom stereocenters. The Morgan fingerprint density at radius 3 is 2.42 bits per heavy atom. The Kier molecular flexibility index (Phi) is 4.73. The maximum absolute atomic E-state index is 11.8. The summed E-state index contributed by atoms with van der Waals surface area (Å²) in [6, 6.07) is 18.2. The van der Waals surface area contributed by atoms with Crippen LogP contribution in [0.1, 0.15) is 16.7 Å². The summed E-state index contributed by atoms with van der Waals surface area (Å²) >= 11 is 0. The second-order valence-corrected chi connectivity index (χ2v) is 4.69. The number of carbonyl (C=O) groups is 1. The van der Waals surface area contributed by atoms with Gasteiger partial charge in [-0.1, -0.05) is 54.6 Å². The third-order valence-electron chi connectivity index (χ3n) is 3.19. The van der Waals surface area contributed by atoms with Gasteiger partial charge in [0.1, 0.15) is 0 Å². The molecule has 0 atom stereocenters. The van der Waals surface area contributed by atoms with Gasteiger partial charge in [-0.25, -0.2) is 0 Å². The molecular weight excluding hydrogens is 234 g/mol. The van der Waals surface area contributed by atoms with Crippen molar-refractivity contribution in [2.45, 2.75) is 19.8 Å². The predicted octanol–water partition coefficient (Wildman–Crippen LogP) is 2.90. The van der Waals surface area contributed by atoms with E-state index in [4.69, 9.17) is 0 Å². The normalized spacial score (nSPS) is 10.2. The number of amides is 1. The lowest BCUT2D eigenvalue weighted by atomic mass is 10.1. The Bertz CT molecular complexity index is 534. The van der Waals surface area contributed by atoms with Crippen molar-refractivity contribution in [2.75, 3.05) is 6.54 Å². The zero-order valence-corrected chi connectivity index (χ0v) is 11.2. The lowest BCUT2D eigenvalue weighted by molar-refractivity contribution is -0.120. The molecule has 0 saturated heterocycles. The molecule has 0 fully saturated rings. The lowest BCUT2D eigenvalue weighted by Crippen LogP contribution is -2.27. The first kappa shape index (κ1) is 13.3. The second kappa shape index (κ2) is 6.74. The molecule has 2 rings (SSSR count). The van der Waals surface area contributed by atoms with Crippen LogP contribution in [0.4, 0.5) is 0 Å². The van der Waals surface area contributed by atoms with E-state index in [0.717, 1.165) is 12.0 Å². The molecule has 2 nitrogen and oxygen atoms in total. The van der Waals surface area contributed by atoms with E-state index in [1.807, 2.05) is 49.4 Å². The molecule has 0 heterocycles.